The van der Waals surface area contributed by atoms with Crippen LogP contribution in [0.2, 0.25) is 0 Å². The molecule has 0 rings (SSSR count). The number of nitriles is 2. The van der Waals surface area contributed by atoms with Crippen molar-refractivity contribution in [3.8, 4) is 35.8 Å². The molecule has 126 valence electrons. The monoisotopic (exact) mass is 328 g/mol. The van der Waals surface area contributed by atoms with Gasteiger partial charge in [-0.25, -0.2) is 0 Å². The van der Waals surface area contributed by atoms with Crippen LogP contribution in [0.4, 0.5) is 0 Å². The lowest BCUT2D eigenvalue weighted by molar-refractivity contribution is -0.144. The predicted octanol–water partition coefficient (Wildman–Crippen LogP) is 2.25. The van der Waals surface area contributed by atoms with Crippen LogP contribution in [0.5, 0.6) is 0 Å². The molecule has 0 heterocycles. The highest BCUT2D eigenvalue weighted by molar-refractivity contribution is 5.70. The zero-order valence-electron chi connectivity index (χ0n) is 13.6. The highest BCUT2D eigenvalue weighted by Crippen LogP contribution is 2.02. The van der Waals surface area contributed by atoms with Gasteiger partial charge in [-0.1, -0.05) is 23.7 Å². The number of esters is 2. The van der Waals surface area contributed by atoms with E-state index in [4.69, 9.17) is 20.0 Å². The predicted molar refractivity (Wildman–Crippen MR) is 85.6 cm³/mol. The van der Waals surface area contributed by atoms with E-state index in [1.807, 2.05) is 12.1 Å². The van der Waals surface area contributed by atoms with E-state index >= 15 is 0 Å². The SMILES string of the molecule is N#CCCC#CCOC(=O)CCCCC(=O)OCC#CCCC#N. The Bertz CT molecular complexity index is 537. The van der Waals surface area contributed by atoms with Crippen molar-refractivity contribution in [3.05, 3.63) is 0 Å². The van der Waals surface area contributed by atoms with Crippen molar-refractivity contribution in [1.29, 1.82) is 10.5 Å². The molecule has 0 fully saturated rings. The topological polar surface area (TPSA) is 100 Å². The first-order chi connectivity index (χ1) is 11.7. The molecule has 0 aromatic rings. The van der Waals surface area contributed by atoms with Crippen molar-refractivity contribution in [2.75, 3.05) is 13.2 Å². The van der Waals surface area contributed by atoms with Crippen molar-refractivity contribution in [1.82, 2.24) is 0 Å². The van der Waals surface area contributed by atoms with Gasteiger partial charge in [0.1, 0.15) is 0 Å². The molecule has 0 amide bonds. The smallest absolute Gasteiger partial charge is 0.306 e. The summed E-state index contributed by atoms with van der Waals surface area (Å²) in [6.07, 6.45) is 3.18. The van der Waals surface area contributed by atoms with Crippen LogP contribution in [0.3, 0.4) is 0 Å². The molecule has 0 radical (unpaired) electrons. The summed E-state index contributed by atoms with van der Waals surface area (Å²) >= 11 is 0. The van der Waals surface area contributed by atoms with Crippen LogP contribution in [-0.2, 0) is 19.1 Å². The van der Waals surface area contributed by atoms with Gasteiger partial charge in [0.25, 0.3) is 0 Å². The lowest BCUT2D eigenvalue weighted by Crippen LogP contribution is -2.07. The first kappa shape index (κ1) is 21.0. The third kappa shape index (κ3) is 15.4. The average Bonchev–Trinajstić information content (AvgIpc) is 2.58. The summed E-state index contributed by atoms with van der Waals surface area (Å²) in [5, 5.41) is 16.6. The quantitative estimate of drug-likeness (QED) is 0.365. The van der Waals surface area contributed by atoms with E-state index in [2.05, 4.69) is 23.7 Å². The number of nitrogens with zero attached hydrogens (tertiary/aromatic N) is 2. The summed E-state index contributed by atoms with van der Waals surface area (Å²) < 4.78 is 9.78. The third-order valence-corrected chi connectivity index (χ3v) is 2.60. The Kier molecular flexibility index (Phi) is 14.4. The van der Waals surface area contributed by atoms with Crippen molar-refractivity contribution in [2.24, 2.45) is 0 Å². The molecule has 6 heteroatoms. The van der Waals surface area contributed by atoms with Gasteiger partial charge in [-0.05, 0) is 12.8 Å². The van der Waals surface area contributed by atoms with Gasteiger partial charge in [-0.15, -0.1) is 0 Å². The van der Waals surface area contributed by atoms with E-state index in [1.165, 1.54) is 0 Å². The third-order valence-electron chi connectivity index (χ3n) is 2.60. The van der Waals surface area contributed by atoms with Crippen LogP contribution in [0.25, 0.3) is 0 Å². The molecule has 24 heavy (non-hydrogen) atoms. The fraction of sp³-hybridized carbons (Fsp3) is 0.556. The van der Waals surface area contributed by atoms with E-state index in [0.29, 0.717) is 38.5 Å². The summed E-state index contributed by atoms with van der Waals surface area (Å²) in [5.74, 6) is 10.0. The van der Waals surface area contributed by atoms with Gasteiger partial charge in [0.2, 0.25) is 0 Å². The second-order valence-corrected chi connectivity index (χ2v) is 4.55. The minimum Gasteiger partial charge on any atom is -0.452 e. The number of hydrogen-bond acceptors (Lipinski definition) is 6. The number of carbonyl (C=O) groups is 2. The summed E-state index contributed by atoms with van der Waals surface area (Å²) in [7, 11) is 0. The van der Waals surface area contributed by atoms with Gasteiger partial charge in [-0.3, -0.25) is 9.59 Å². The number of hydrogen-bond donors (Lipinski definition) is 0. The summed E-state index contributed by atoms with van der Waals surface area (Å²) in [5.41, 5.74) is 0. The molecule has 0 bridgehead atoms. The number of rotatable bonds is 9. The molecule has 6 nitrogen and oxygen atoms in total. The Morgan fingerprint density at radius 2 is 1.08 bits per heavy atom. The Morgan fingerprint density at radius 1 is 0.667 bits per heavy atom. The fourth-order valence-electron chi connectivity index (χ4n) is 1.43. The Labute approximate surface area is 142 Å². The average molecular weight is 328 g/mol. The first-order valence-corrected chi connectivity index (χ1v) is 7.67. The van der Waals surface area contributed by atoms with Crippen molar-refractivity contribution in [3.63, 3.8) is 0 Å². The molecule has 0 aromatic heterocycles. The molecule has 0 spiro atoms. The molecular weight excluding hydrogens is 308 g/mol. The molecule has 0 saturated carbocycles. The maximum atomic E-state index is 11.4. The highest BCUT2D eigenvalue weighted by Gasteiger charge is 2.05. The van der Waals surface area contributed by atoms with Crippen molar-refractivity contribution in [2.45, 2.75) is 51.4 Å². The van der Waals surface area contributed by atoms with Crippen molar-refractivity contribution < 1.29 is 19.1 Å². The molecule has 0 aliphatic rings. The van der Waals surface area contributed by atoms with Gasteiger partial charge >= 0.3 is 11.9 Å². The van der Waals surface area contributed by atoms with E-state index in [1.54, 1.807) is 0 Å². The van der Waals surface area contributed by atoms with Crippen LogP contribution in [-0.4, -0.2) is 25.2 Å². The molecule has 0 saturated heterocycles. The number of unbranched alkanes of at least 4 members (excludes halogenated alkanes) is 3. The number of ether oxygens (including phenoxy) is 2. The second-order valence-electron chi connectivity index (χ2n) is 4.55. The van der Waals surface area contributed by atoms with Gasteiger partial charge < -0.3 is 9.47 Å². The largest absolute Gasteiger partial charge is 0.452 e. The second kappa shape index (κ2) is 16.4. The molecule has 0 atom stereocenters. The maximum Gasteiger partial charge on any atom is 0.306 e. The molecule has 0 aliphatic heterocycles. The van der Waals surface area contributed by atoms with Crippen LogP contribution in [0, 0.1) is 46.3 Å². The minimum atomic E-state index is -0.360. The first-order valence-electron chi connectivity index (χ1n) is 7.67. The zero-order valence-corrected chi connectivity index (χ0v) is 13.6. The normalized spacial score (nSPS) is 8.42. The maximum absolute atomic E-state index is 11.4. The zero-order chi connectivity index (χ0) is 17.9. The van der Waals surface area contributed by atoms with E-state index in [9.17, 15) is 9.59 Å². The van der Waals surface area contributed by atoms with Gasteiger partial charge in [0, 0.05) is 38.5 Å². The van der Waals surface area contributed by atoms with Crippen LogP contribution in [0.1, 0.15) is 51.4 Å². The standard InChI is InChI=1S/C18H20N2O4/c19-13-7-1-3-9-15-23-17(21)11-5-6-12-18(22)24-16-10-4-2-8-14-20/h1-2,5-8,11-12,15-16H2. The summed E-state index contributed by atoms with van der Waals surface area (Å²) in [6, 6.07) is 3.94. The molecule has 0 unspecified atom stereocenters. The van der Waals surface area contributed by atoms with Crippen LogP contribution < -0.4 is 0 Å². The van der Waals surface area contributed by atoms with Gasteiger partial charge in [0.05, 0.1) is 12.1 Å². The Hall–Kier alpha value is -2.96. The lowest BCUT2D eigenvalue weighted by atomic mass is 10.2. The molecular formula is C18H20N2O4. The van der Waals surface area contributed by atoms with E-state index in [0.717, 1.165) is 0 Å². The van der Waals surface area contributed by atoms with E-state index in [-0.39, 0.29) is 38.0 Å². The van der Waals surface area contributed by atoms with Crippen LogP contribution >= 0.6 is 0 Å². The molecule has 0 N–H and O–H groups in total. The van der Waals surface area contributed by atoms with Crippen LogP contribution in [0.15, 0.2) is 0 Å². The molecule has 0 aliphatic carbocycles. The highest BCUT2D eigenvalue weighted by atomic mass is 16.5. The Balaban J connectivity index is 3.56. The van der Waals surface area contributed by atoms with Crippen molar-refractivity contribution >= 4 is 11.9 Å². The van der Waals surface area contributed by atoms with E-state index < -0.39 is 0 Å². The summed E-state index contributed by atoms with van der Waals surface area (Å²) in [4.78, 5) is 22.7. The lowest BCUT2D eigenvalue weighted by Gasteiger charge is -2.02. The minimum absolute atomic E-state index is 0.0246. The van der Waals surface area contributed by atoms with Gasteiger partial charge in [0.15, 0.2) is 13.2 Å². The fourth-order valence-corrected chi connectivity index (χ4v) is 1.43. The van der Waals surface area contributed by atoms with Gasteiger partial charge in [-0.2, -0.15) is 10.5 Å². The Morgan fingerprint density at radius 3 is 1.46 bits per heavy atom. The number of carbonyl (C=O) groups excluding carboxylic acids is 2. The summed E-state index contributed by atoms with van der Waals surface area (Å²) in [6.45, 7) is 0.0492. The molecule has 0 aromatic carbocycles.